The molecule has 0 saturated heterocycles. The first kappa shape index (κ1) is 14.1. The molecule has 1 heterocycles. The first-order valence-corrected chi connectivity index (χ1v) is 7.05. The van der Waals surface area contributed by atoms with Gasteiger partial charge in [-0.2, -0.15) is 0 Å². The SMILES string of the molecule is COc1ccc(-c2cccc(-c3ccccn3)c2)cc1OC. The van der Waals surface area contributed by atoms with Crippen LogP contribution >= 0.6 is 0 Å². The number of aromatic nitrogens is 1. The molecule has 0 radical (unpaired) electrons. The zero-order valence-corrected chi connectivity index (χ0v) is 12.6. The fourth-order valence-electron chi connectivity index (χ4n) is 2.41. The number of ether oxygens (including phenoxy) is 2. The molecule has 3 nitrogen and oxygen atoms in total. The van der Waals surface area contributed by atoms with Crippen LogP contribution < -0.4 is 9.47 Å². The van der Waals surface area contributed by atoms with Crippen molar-refractivity contribution in [2.24, 2.45) is 0 Å². The van der Waals surface area contributed by atoms with Crippen LogP contribution in [0.15, 0.2) is 66.9 Å². The molecule has 22 heavy (non-hydrogen) atoms. The third-order valence-electron chi connectivity index (χ3n) is 3.54. The lowest BCUT2D eigenvalue weighted by Crippen LogP contribution is -1.91. The molecule has 3 rings (SSSR count). The highest BCUT2D eigenvalue weighted by molar-refractivity contribution is 5.73. The minimum absolute atomic E-state index is 0.725. The summed E-state index contributed by atoms with van der Waals surface area (Å²) in [6.07, 6.45) is 1.80. The Balaban J connectivity index is 2.02. The molecule has 0 unspecified atom stereocenters. The van der Waals surface area contributed by atoms with E-state index in [4.69, 9.17) is 9.47 Å². The van der Waals surface area contributed by atoms with Gasteiger partial charge in [0, 0.05) is 11.8 Å². The Morgan fingerprint density at radius 3 is 2.18 bits per heavy atom. The highest BCUT2D eigenvalue weighted by Gasteiger charge is 2.07. The Kier molecular flexibility index (Phi) is 4.05. The van der Waals surface area contributed by atoms with E-state index < -0.39 is 0 Å². The normalized spacial score (nSPS) is 10.3. The highest BCUT2D eigenvalue weighted by Crippen LogP contribution is 2.33. The molecule has 110 valence electrons. The molecule has 0 aliphatic carbocycles. The summed E-state index contributed by atoms with van der Waals surface area (Å²) in [6, 6.07) is 20.2. The molecule has 0 aliphatic heterocycles. The second-order valence-electron chi connectivity index (χ2n) is 4.87. The second kappa shape index (κ2) is 6.31. The van der Waals surface area contributed by atoms with Crippen molar-refractivity contribution in [2.75, 3.05) is 14.2 Å². The number of pyridine rings is 1. The predicted molar refractivity (Wildman–Crippen MR) is 88.2 cm³/mol. The molecule has 0 bridgehead atoms. The van der Waals surface area contributed by atoms with E-state index in [1.54, 1.807) is 20.4 Å². The van der Waals surface area contributed by atoms with E-state index in [1.165, 1.54) is 0 Å². The fourth-order valence-corrected chi connectivity index (χ4v) is 2.41. The number of benzene rings is 2. The van der Waals surface area contributed by atoms with Gasteiger partial charge in [0.05, 0.1) is 19.9 Å². The van der Waals surface area contributed by atoms with E-state index in [9.17, 15) is 0 Å². The molecule has 2 aromatic carbocycles. The van der Waals surface area contributed by atoms with Crippen LogP contribution in [0.5, 0.6) is 11.5 Å². The summed E-state index contributed by atoms with van der Waals surface area (Å²) in [4.78, 5) is 4.40. The number of methoxy groups -OCH3 is 2. The van der Waals surface area contributed by atoms with Crippen LogP contribution in [-0.2, 0) is 0 Å². The first-order valence-electron chi connectivity index (χ1n) is 7.05. The monoisotopic (exact) mass is 291 g/mol. The molecule has 0 spiro atoms. The predicted octanol–water partition coefficient (Wildman–Crippen LogP) is 4.43. The molecule has 0 saturated carbocycles. The Morgan fingerprint density at radius 1 is 0.682 bits per heavy atom. The van der Waals surface area contributed by atoms with Crippen molar-refractivity contribution in [3.8, 4) is 33.9 Å². The van der Waals surface area contributed by atoms with Crippen molar-refractivity contribution < 1.29 is 9.47 Å². The summed E-state index contributed by atoms with van der Waals surface area (Å²) in [5.41, 5.74) is 4.25. The van der Waals surface area contributed by atoms with Crippen LogP contribution in [0.4, 0.5) is 0 Å². The minimum Gasteiger partial charge on any atom is -0.493 e. The van der Waals surface area contributed by atoms with Gasteiger partial charge in [0.25, 0.3) is 0 Å². The van der Waals surface area contributed by atoms with Gasteiger partial charge in [-0.25, -0.2) is 0 Å². The van der Waals surface area contributed by atoms with Crippen molar-refractivity contribution in [3.63, 3.8) is 0 Å². The summed E-state index contributed by atoms with van der Waals surface area (Å²) < 4.78 is 10.7. The quantitative estimate of drug-likeness (QED) is 0.712. The van der Waals surface area contributed by atoms with Gasteiger partial charge in [-0.05, 0) is 41.5 Å². The van der Waals surface area contributed by atoms with Crippen LogP contribution in [0.25, 0.3) is 22.4 Å². The van der Waals surface area contributed by atoms with E-state index >= 15 is 0 Å². The summed E-state index contributed by atoms with van der Waals surface area (Å²) in [5, 5.41) is 0. The number of rotatable bonds is 4. The lowest BCUT2D eigenvalue weighted by molar-refractivity contribution is 0.355. The fraction of sp³-hybridized carbons (Fsp3) is 0.105. The van der Waals surface area contributed by atoms with E-state index in [1.807, 2.05) is 42.5 Å². The third kappa shape index (κ3) is 2.79. The molecular weight excluding hydrogens is 274 g/mol. The summed E-state index contributed by atoms with van der Waals surface area (Å²) in [5.74, 6) is 1.45. The maximum atomic E-state index is 5.38. The standard InChI is InChI=1S/C19H17NO2/c1-21-18-10-9-15(13-19(18)22-2)14-6-5-7-16(12-14)17-8-3-4-11-20-17/h3-13H,1-2H3. The van der Waals surface area contributed by atoms with Crippen LogP contribution in [0.1, 0.15) is 0 Å². The largest absolute Gasteiger partial charge is 0.493 e. The summed E-state index contributed by atoms with van der Waals surface area (Å²) in [6.45, 7) is 0. The Hall–Kier alpha value is -2.81. The number of hydrogen-bond acceptors (Lipinski definition) is 3. The molecular formula is C19H17NO2. The van der Waals surface area contributed by atoms with Crippen molar-refractivity contribution >= 4 is 0 Å². The average Bonchev–Trinajstić information content (AvgIpc) is 2.62. The van der Waals surface area contributed by atoms with E-state index in [2.05, 4.69) is 23.2 Å². The van der Waals surface area contributed by atoms with Gasteiger partial charge < -0.3 is 9.47 Å². The molecule has 0 N–H and O–H groups in total. The van der Waals surface area contributed by atoms with Crippen LogP contribution in [0.3, 0.4) is 0 Å². The first-order chi connectivity index (χ1) is 10.8. The molecule has 0 aliphatic rings. The van der Waals surface area contributed by atoms with Crippen molar-refractivity contribution in [1.29, 1.82) is 0 Å². The van der Waals surface area contributed by atoms with Gasteiger partial charge in [-0.15, -0.1) is 0 Å². The van der Waals surface area contributed by atoms with E-state index in [0.29, 0.717) is 0 Å². The van der Waals surface area contributed by atoms with E-state index in [0.717, 1.165) is 33.9 Å². The van der Waals surface area contributed by atoms with Gasteiger partial charge in [-0.3, -0.25) is 4.98 Å². The van der Waals surface area contributed by atoms with Gasteiger partial charge >= 0.3 is 0 Å². The van der Waals surface area contributed by atoms with Crippen molar-refractivity contribution in [2.45, 2.75) is 0 Å². The molecule has 0 atom stereocenters. The smallest absolute Gasteiger partial charge is 0.161 e. The second-order valence-corrected chi connectivity index (χ2v) is 4.87. The summed E-state index contributed by atoms with van der Waals surface area (Å²) in [7, 11) is 3.28. The lowest BCUT2D eigenvalue weighted by atomic mass is 10.0. The van der Waals surface area contributed by atoms with Crippen LogP contribution in [0.2, 0.25) is 0 Å². The Bertz CT molecular complexity index is 769. The van der Waals surface area contributed by atoms with E-state index in [-0.39, 0.29) is 0 Å². The molecule has 0 fully saturated rings. The van der Waals surface area contributed by atoms with Gasteiger partial charge in [-0.1, -0.05) is 30.3 Å². The van der Waals surface area contributed by atoms with Gasteiger partial charge in [0.15, 0.2) is 11.5 Å². The molecule has 1 aromatic heterocycles. The highest BCUT2D eigenvalue weighted by atomic mass is 16.5. The Morgan fingerprint density at radius 2 is 1.45 bits per heavy atom. The van der Waals surface area contributed by atoms with Crippen molar-refractivity contribution in [1.82, 2.24) is 4.98 Å². The topological polar surface area (TPSA) is 31.4 Å². The van der Waals surface area contributed by atoms with Gasteiger partial charge in [0.2, 0.25) is 0 Å². The number of hydrogen-bond donors (Lipinski definition) is 0. The lowest BCUT2D eigenvalue weighted by Gasteiger charge is -2.10. The Labute approximate surface area is 130 Å². The molecule has 3 aromatic rings. The number of nitrogens with zero attached hydrogens (tertiary/aromatic N) is 1. The van der Waals surface area contributed by atoms with Crippen LogP contribution in [0, 0.1) is 0 Å². The molecule has 0 amide bonds. The zero-order valence-electron chi connectivity index (χ0n) is 12.6. The van der Waals surface area contributed by atoms with Gasteiger partial charge in [0.1, 0.15) is 0 Å². The zero-order chi connectivity index (χ0) is 15.4. The third-order valence-corrected chi connectivity index (χ3v) is 3.54. The molecule has 3 heteroatoms. The maximum Gasteiger partial charge on any atom is 0.161 e. The summed E-state index contributed by atoms with van der Waals surface area (Å²) >= 11 is 0. The average molecular weight is 291 g/mol. The van der Waals surface area contributed by atoms with Crippen LogP contribution in [-0.4, -0.2) is 19.2 Å². The maximum absolute atomic E-state index is 5.38. The minimum atomic E-state index is 0.725. The van der Waals surface area contributed by atoms with Crippen molar-refractivity contribution in [3.05, 3.63) is 66.9 Å².